The van der Waals surface area contributed by atoms with Crippen molar-refractivity contribution in [3.05, 3.63) is 66.0 Å². The van der Waals surface area contributed by atoms with E-state index in [-0.39, 0.29) is 56.9 Å². The molecule has 94 valence electrons. The zero-order valence-electron chi connectivity index (χ0n) is 11.1. The van der Waals surface area contributed by atoms with Gasteiger partial charge < -0.3 is 14.5 Å². The molecule has 0 fully saturated rings. The molecule has 0 radical (unpaired) electrons. The van der Waals surface area contributed by atoms with Crippen LogP contribution in [0.25, 0.3) is 11.0 Å². The normalized spacial score (nSPS) is 10.2. The van der Waals surface area contributed by atoms with E-state index < -0.39 is 5.97 Å². The minimum absolute atomic E-state index is 0. The van der Waals surface area contributed by atoms with Crippen molar-refractivity contribution in [1.82, 2.24) is 9.55 Å². The Balaban J connectivity index is 0.00000147. The summed E-state index contributed by atoms with van der Waals surface area (Å²) >= 11 is 0. The van der Waals surface area contributed by atoms with E-state index in [0.717, 1.165) is 16.6 Å². The number of hydrogen-bond donors (Lipinski definition) is 0. The van der Waals surface area contributed by atoms with Crippen molar-refractivity contribution in [3.63, 3.8) is 0 Å². The summed E-state index contributed by atoms with van der Waals surface area (Å²) in [4.78, 5) is 15.0. The van der Waals surface area contributed by atoms with Crippen LogP contribution >= 0.6 is 0 Å². The number of carbonyl (C=O) groups is 1. The number of para-hydroxylation sites is 2. The molecule has 20 heavy (non-hydrogen) atoms. The topological polar surface area (TPSA) is 57.9 Å². The Morgan fingerprint density at radius 3 is 2.50 bits per heavy atom. The monoisotopic (exact) mass is 290 g/mol. The second-order valence-electron chi connectivity index (χ2n) is 4.35. The third-order valence-electron chi connectivity index (χ3n) is 3.07. The molecular formula is C15H11KN2O2. The molecule has 0 saturated heterocycles. The quantitative estimate of drug-likeness (QED) is 0.549. The Hall–Kier alpha value is -0.984. The summed E-state index contributed by atoms with van der Waals surface area (Å²) < 4.78 is 2.03. The van der Waals surface area contributed by atoms with Crippen molar-refractivity contribution < 1.29 is 61.3 Å². The molecule has 0 bridgehead atoms. The Labute approximate surface area is 158 Å². The largest absolute Gasteiger partial charge is 1.00 e. The van der Waals surface area contributed by atoms with Crippen LogP contribution in [0.5, 0.6) is 0 Å². The van der Waals surface area contributed by atoms with Crippen LogP contribution in [0.4, 0.5) is 0 Å². The van der Waals surface area contributed by atoms with Crippen LogP contribution in [0.3, 0.4) is 0 Å². The molecule has 1 heterocycles. The zero-order chi connectivity index (χ0) is 13.2. The van der Waals surface area contributed by atoms with Gasteiger partial charge in [-0.2, -0.15) is 0 Å². The second kappa shape index (κ2) is 6.65. The number of carbonyl (C=O) groups excluding carboxylic acids is 1. The van der Waals surface area contributed by atoms with Crippen molar-refractivity contribution in [3.8, 4) is 0 Å². The number of aromatic carboxylic acids is 1. The second-order valence-corrected chi connectivity index (χ2v) is 4.35. The Bertz CT molecular complexity index is 735. The van der Waals surface area contributed by atoms with E-state index in [1.165, 1.54) is 0 Å². The van der Waals surface area contributed by atoms with E-state index in [1.807, 2.05) is 28.8 Å². The number of carboxylic acid groups (broad SMARTS) is 1. The fraction of sp³-hybridized carbons (Fsp3) is 0.0667. The van der Waals surface area contributed by atoms with E-state index in [1.54, 1.807) is 30.6 Å². The molecule has 2 aromatic carbocycles. The van der Waals surface area contributed by atoms with Gasteiger partial charge in [0.25, 0.3) is 0 Å². The number of imidazole rings is 1. The predicted molar refractivity (Wildman–Crippen MR) is 69.6 cm³/mol. The molecule has 0 atom stereocenters. The first kappa shape index (κ1) is 15.4. The Morgan fingerprint density at radius 2 is 1.80 bits per heavy atom. The minimum Gasteiger partial charge on any atom is -0.545 e. The number of rotatable bonds is 3. The third kappa shape index (κ3) is 3.19. The molecule has 1 aromatic heterocycles. The first-order valence-corrected chi connectivity index (χ1v) is 5.94. The van der Waals surface area contributed by atoms with Gasteiger partial charge in [0.05, 0.1) is 23.3 Å². The molecule has 5 heteroatoms. The van der Waals surface area contributed by atoms with Crippen molar-refractivity contribution in [2.24, 2.45) is 0 Å². The molecular weight excluding hydrogens is 279 g/mol. The molecule has 3 rings (SSSR count). The molecule has 4 nitrogen and oxygen atoms in total. The van der Waals surface area contributed by atoms with Crippen molar-refractivity contribution in [2.75, 3.05) is 0 Å². The van der Waals surface area contributed by atoms with Crippen LogP contribution in [0.1, 0.15) is 15.9 Å². The first-order chi connectivity index (χ1) is 9.24. The summed E-state index contributed by atoms with van der Waals surface area (Å²) in [6.45, 7) is 0.661. The van der Waals surface area contributed by atoms with E-state index in [0.29, 0.717) is 6.54 Å². The smallest absolute Gasteiger partial charge is 0.545 e. The van der Waals surface area contributed by atoms with Gasteiger partial charge in [-0.05, 0) is 23.3 Å². The first-order valence-electron chi connectivity index (χ1n) is 5.94. The van der Waals surface area contributed by atoms with Crippen LogP contribution in [0.2, 0.25) is 0 Å². The summed E-state index contributed by atoms with van der Waals surface area (Å²) in [5.41, 5.74) is 3.23. The Morgan fingerprint density at radius 1 is 1.10 bits per heavy atom. The summed E-state index contributed by atoms with van der Waals surface area (Å²) in [7, 11) is 0. The van der Waals surface area contributed by atoms with Crippen molar-refractivity contribution in [1.29, 1.82) is 0 Å². The average molecular weight is 290 g/mol. The molecule has 0 unspecified atom stereocenters. The fourth-order valence-electron chi connectivity index (χ4n) is 2.08. The molecule has 0 aliphatic rings. The third-order valence-corrected chi connectivity index (χ3v) is 3.07. The van der Waals surface area contributed by atoms with E-state index in [4.69, 9.17) is 0 Å². The van der Waals surface area contributed by atoms with E-state index in [2.05, 4.69) is 4.98 Å². The van der Waals surface area contributed by atoms with Crippen molar-refractivity contribution in [2.45, 2.75) is 6.54 Å². The van der Waals surface area contributed by atoms with Crippen LogP contribution < -0.4 is 56.5 Å². The summed E-state index contributed by atoms with van der Waals surface area (Å²) in [6.07, 6.45) is 1.79. The molecule has 0 aliphatic heterocycles. The van der Waals surface area contributed by atoms with Gasteiger partial charge in [0.2, 0.25) is 0 Å². The maximum atomic E-state index is 10.7. The summed E-state index contributed by atoms with van der Waals surface area (Å²) in [5, 5.41) is 10.7. The van der Waals surface area contributed by atoms with Gasteiger partial charge >= 0.3 is 51.4 Å². The maximum Gasteiger partial charge on any atom is 1.00 e. The number of aromatic nitrogens is 2. The number of hydrogen-bond acceptors (Lipinski definition) is 3. The molecule has 0 N–H and O–H groups in total. The van der Waals surface area contributed by atoms with Crippen LogP contribution in [-0.2, 0) is 6.54 Å². The number of carboxylic acids is 1. The fourth-order valence-corrected chi connectivity index (χ4v) is 2.08. The average Bonchev–Trinajstić information content (AvgIpc) is 2.83. The maximum absolute atomic E-state index is 10.7. The van der Waals surface area contributed by atoms with Crippen LogP contribution in [0, 0.1) is 0 Å². The number of fused-ring (bicyclic) bond motifs is 1. The molecule has 0 spiro atoms. The van der Waals surface area contributed by atoms with Crippen LogP contribution in [0.15, 0.2) is 54.9 Å². The van der Waals surface area contributed by atoms with E-state index >= 15 is 0 Å². The molecule has 0 saturated carbocycles. The van der Waals surface area contributed by atoms with Gasteiger partial charge in [-0.25, -0.2) is 4.98 Å². The zero-order valence-corrected chi connectivity index (χ0v) is 14.2. The summed E-state index contributed by atoms with van der Waals surface area (Å²) in [5.74, 6) is -1.15. The van der Waals surface area contributed by atoms with Gasteiger partial charge in [0.15, 0.2) is 0 Å². The molecule has 0 aliphatic carbocycles. The Kier molecular flexibility index (Phi) is 5.12. The molecule has 3 aromatic rings. The SMILES string of the molecule is O=C([O-])c1ccc(Cn2cnc3ccccc32)cc1.[K+]. The van der Waals surface area contributed by atoms with Gasteiger partial charge in [-0.1, -0.05) is 36.4 Å². The standard InChI is InChI=1S/C15H12N2O2.K/c18-15(19)12-7-5-11(6-8-12)9-17-10-16-13-3-1-2-4-14(13)17;/h1-8,10H,9H2,(H,18,19);/q;+1/p-1. The van der Waals surface area contributed by atoms with Crippen LogP contribution in [-0.4, -0.2) is 15.5 Å². The predicted octanol–water partition coefficient (Wildman–Crippen LogP) is -1.55. The number of nitrogens with zero attached hydrogens (tertiary/aromatic N) is 2. The van der Waals surface area contributed by atoms with Gasteiger partial charge in [0, 0.05) is 6.54 Å². The van der Waals surface area contributed by atoms with Gasteiger partial charge in [-0.15, -0.1) is 0 Å². The number of benzene rings is 2. The summed E-state index contributed by atoms with van der Waals surface area (Å²) in [6, 6.07) is 14.6. The van der Waals surface area contributed by atoms with Gasteiger partial charge in [0.1, 0.15) is 0 Å². The van der Waals surface area contributed by atoms with Gasteiger partial charge in [-0.3, -0.25) is 0 Å². The molecule has 0 amide bonds. The van der Waals surface area contributed by atoms with E-state index in [9.17, 15) is 9.90 Å². The minimum atomic E-state index is -1.15. The van der Waals surface area contributed by atoms with Crippen molar-refractivity contribution >= 4 is 17.0 Å².